The maximum atomic E-state index is 14.1. The molecule has 2 saturated heterocycles. The van der Waals surface area contributed by atoms with E-state index in [1.165, 1.54) is 16.2 Å². The summed E-state index contributed by atoms with van der Waals surface area (Å²) in [5, 5.41) is 0.906. The number of ether oxygens (including phenoxy) is 3. The number of thioether (sulfide) groups is 1. The van der Waals surface area contributed by atoms with E-state index >= 15 is 0 Å². The van der Waals surface area contributed by atoms with Gasteiger partial charge in [-0.1, -0.05) is 23.5 Å². The highest BCUT2D eigenvalue weighted by Gasteiger charge is 2.69. The second-order valence-corrected chi connectivity index (χ2v) is 14.8. The number of imide groups is 1. The molecule has 4 heterocycles. The predicted molar refractivity (Wildman–Crippen MR) is 173 cm³/mol. The first-order valence-electron chi connectivity index (χ1n) is 16.0. The monoisotopic (exact) mass is 675 g/mol. The lowest BCUT2D eigenvalue weighted by Crippen LogP contribution is -2.43. The van der Waals surface area contributed by atoms with Gasteiger partial charge in [0, 0.05) is 29.1 Å². The number of aromatic amines is 1. The van der Waals surface area contributed by atoms with Gasteiger partial charge >= 0.3 is 10.8 Å². The summed E-state index contributed by atoms with van der Waals surface area (Å²) in [6.07, 6.45) is 0.783. The SMILES string of the molecule is CCOC(=O)c1ccc(N2C(=O)C3C(C2=O)[C@@H]2C[C@H]3C3Sc4[nH]c(=O)sc4[C@H](c4ccc(OCC(=O)N5CCOCC5)cc4)C32)cc1. The van der Waals surface area contributed by atoms with Crippen LogP contribution in [0.3, 0.4) is 0 Å². The van der Waals surface area contributed by atoms with Gasteiger partial charge in [-0.2, -0.15) is 0 Å². The van der Waals surface area contributed by atoms with Gasteiger partial charge in [0.1, 0.15) is 5.75 Å². The molecule has 244 valence electrons. The van der Waals surface area contributed by atoms with Crippen molar-refractivity contribution in [3.63, 3.8) is 0 Å². The van der Waals surface area contributed by atoms with E-state index in [-0.39, 0.29) is 64.7 Å². The van der Waals surface area contributed by atoms with E-state index in [2.05, 4.69) is 4.98 Å². The minimum Gasteiger partial charge on any atom is -0.484 e. The Kier molecular flexibility index (Phi) is 7.72. The Balaban J connectivity index is 1.05. The fourth-order valence-electron chi connectivity index (χ4n) is 8.43. The van der Waals surface area contributed by atoms with Crippen molar-refractivity contribution in [3.05, 3.63) is 74.2 Å². The summed E-state index contributed by atoms with van der Waals surface area (Å²) in [5.41, 5.74) is 1.83. The van der Waals surface area contributed by atoms with Crippen LogP contribution in [0.1, 0.15) is 40.1 Å². The number of nitrogens with zero attached hydrogens (tertiary/aromatic N) is 2. The predicted octanol–water partition coefficient (Wildman–Crippen LogP) is 3.53. The largest absolute Gasteiger partial charge is 0.484 e. The third-order valence-electron chi connectivity index (χ3n) is 10.3. The molecule has 4 unspecified atom stereocenters. The molecule has 3 aromatic rings. The molecule has 8 rings (SSSR count). The van der Waals surface area contributed by atoms with Crippen LogP contribution in [-0.4, -0.2) is 78.3 Å². The summed E-state index contributed by atoms with van der Waals surface area (Å²) in [6, 6.07) is 14.1. The molecular weight excluding hydrogens is 643 g/mol. The van der Waals surface area contributed by atoms with Crippen molar-refractivity contribution in [3.8, 4) is 5.75 Å². The maximum Gasteiger partial charge on any atom is 0.338 e. The van der Waals surface area contributed by atoms with E-state index in [1.807, 2.05) is 24.3 Å². The molecule has 1 aromatic heterocycles. The molecule has 2 aromatic carbocycles. The van der Waals surface area contributed by atoms with E-state index in [1.54, 1.807) is 47.9 Å². The van der Waals surface area contributed by atoms with Crippen molar-refractivity contribution in [2.24, 2.45) is 29.6 Å². The van der Waals surface area contributed by atoms with Crippen molar-refractivity contribution in [2.75, 3.05) is 44.4 Å². The number of anilines is 1. The quantitative estimate of drug-likeness (QED) is 0.295. The number of nitrogens with one attached hydrogen (secondary N) is 1. The number of benzene rings is 2. The van der Waals surface area contributed by atoms with E-state index in [4.69, 9.17) is 14.2 Å². The highest BCUT2D eigenvalue weighted by atomic mass is 32.2. The minimum absolute atomic E-state index is 0.00638. The van der Waals surface area contributed by atoms with Gasteiger partial charge in [0.2, 0.25) is 11.8 Å². The lowest BCUT2D eigenvalue weighted by atomic mass is 9.68. The van der Waals surface area contributed by atoms with Crippen LogP contribution in [0.2, 0.25) is 0 Å². The number of rotatable bonds is 7. The molecule has 11 nitrogen and oxygen atoms in total. The first-order chi connectivity index (χ1) is 22.8. The standard InChI is InChI=1S/C34H33N3O8S2/c1-2-44-33(41)18-3-7-19(8-4-18)37-31(39)26-21-15-22(27(26)32(37)40)28-25(21)24(29-30(46-28)35-34(42)47-29)17-5-9-20(10-6-17)45-16-23(38)36-11-13-43-14-12-36/h3-10,21-22,24-28H,2,11-16H2,1H3,(H,35,42)/t21-,22-,24-,25?,26?,27?,28?/m1/s1. The number of thiazole rings is 1. The summed E-state index contributed by atoms with van der Waals surface area (Å²) in [4.78, 5) is 72.3. The Labute approximate surface area is 278 Å². The number of fused-ring (bicyclic) bond motifs is 9. The molecule has 2 bridgehead atoms. The Hall–Kier alpha value is -3.94. The second-order valence-electron chi connectivity index (χ2n) is 12.6. The van der Waals surface area contributed by atoms with E-state index < -0.39 is 17.8 Å². The van der Waals surface area contributed by atoms with Gasteiger partial charge in [-0.25, -0.2) is 4.79 Å². The second kappa shape index (κ2) is 11.9. The summed E-state index contributed by atoms with van der Waals surface area (Å²) in [7, 11) is 0. The van der Waals surface area contributed by atoms with Crippen LogP contribution < -0.4 is 14.5 Å². The minimum atomic E-state index is -0.452. The molecular formula is C34H33N3O8S2. The van der Waals surface area contributed by atoms with Crippen LogP contribution in [0.5, 0.6) is 5.75 Å². The lowest BCUT2D eigenvalue weighted by Gasteiger charge is -2.43. The van der Waals surface area contributed by atoms with E-state index in [0.29, 0.717) is 43.3 Å². The molecule has 1 N–H and O–H groups in total. The molecule has 0 spiro atoms. The van der Waals surface area contributed by atoms with Crippen molar-refractivity contribution in [1.29, 1.82) is 0 Å². The Morgan fingerprint density at radius 2 is 1.66 bits per heavy atom. The maximum absolute atomic E-state index is 14.1. The van der Waals surface area contributed by atoms with Crippen LogP contribution in [-0.2, 0) is 23.9 Å². The fraction of sp³-hybridized carbons (Fsp3) is 0.441. The summed E-state index contributed by atoms with van der Waals surface area (Å²) >= 11 is 2.85. The van der Waals surface area contributed by atoms with Crippen molar-refractivity contribution in [1.82, 2.24) is 9.88 Å². The summed E-state index contributed by atoms with van der Waals surface area (Å²) in [5.74, 6) is -1.30. The fourth-order valence-corrected chi connectivity index (χ4v) is 11.3. The number of aromatic nitrogens is 1. The number of amides is 3. The molecule has 3 amide bonds. The summed E-state index contributed by atoms with van der Waals surface area (Å²) in [6.45, 7) is 4.11. The summed E-state index contributed by atoms with van der Waals surface area (Å²) < 4.78 is 16.2. The van der Waals surface area contributed by atoms with E-state index in [0.717, 1.165) is 21.9 Å². The zero-order valence-corrected chi connectivity index (χ0v) is 27.2. The normalized spacial score (nSPS) is 29.0. The lowest BCUT2D eigenvalue weighted by molar-refractivity contribution is -0.137. The number of carbonyl (C=O) groups excluding carboxylic acids is 4. The first-order valence-corrected chi connectivity index (χ1v) is 17.7. The van der Waals surface area contributed by atoms with Crippen LogP contribution in [0.15, 0.2) is 58.4 Å². The number of hydrogen-bond donors (Lipinski definition) is 1. The molecule has 3 aliphatic heterocycles. The number of esters is 1. The van der Waals surface area contributed by atoms with Gasteiger partial charge in [0.05, 0.1) is 47.9 Å². The molecule has 2 saturated carbocycles. The molecule has 13 heteroatoms. The van der Waals surface area contributed by atoms with Crippen molar-refractivity contribution >= 4 is 52.5 Å². The zero-order valence-electron chi connectivity index (χ0n) is 25.6. The molecule has 47 heavy (non-hydrogen) atoms. The molecule has 4 fully saturated rings. The zero-order chi connectivity index (χ0) is 32.4. The van der Waals surface area contributed by atoms with E-state index in [9.17, 15) is 24.0 Å². The van der Waals surface area contributed by atoms with Crippen LogP contribution in [0.4, 0.5) is 5.69 Å². The van der Waals surface area contributed by atoms with Crippen LogP contribution in [0.25, 0.3) is 0 Å². The number of morpholine rings is 1. The smallest absolute Gasteiger partial charge is 0.338 e. The van der Waals surface area contributed by atoms with Gasteiger partial charge in [-0.05, 0) is 73.1 Å². The molecule has 5 aliphatic rings. The van der Waals surface area contributed by atoms with Gasteiger partial charge in [0.15, 0.2) is 6.61 Å². The number of hydrogen-bond acceptors (Lipinski definition) is 10. The number of carbonyl (C=O) groups is 4. The number of H-pyrrole nitrogens is 1. The topological polar surface area (TPSA) is 135 Å². The molecule has 7 atom stereocenters. The van der Waals surface area contributed by atoms with Gasteiger partial charge in [-0.3, -0.25) is 24.1 Å². The highest BCUT2D eigenvalue weighted by Crippen LogP contribution is 2.68. The van der Waals surface area contributed by atoms with Gasteiger partial charge < -0.3 is 24.1 Å². The average Bonchev–Trinajstić information content (AvgIpc) is 3.83. The van der Waals surface area contributed by atoms with Crippen LogP contribution >= 0.6 is 23.1 Å². The van der Waals surface area contributed by atoms with Crippen molar-refractivity contribution < 1.29 is 33.4 Å². The third kappa shape index (κ3) is 5.01. The Morgan fingerprint density at radius 3 is 2.36 bits per heavy atom. The average molecular weight is 676 g/mol. The Morgan fingerprint density at radius 1 is 0.957 bits per heavy atom. The first kappa shape index (κ1) is 30.4. The molecule has 2 aliphatic carbocycles. The van der Waals surface area contributed by atoms with Crippen LogP contribution in [0, 0.1) is 29.6 Å². The van der Waals surface area contributed by atoms with Gasteiger partial charge in [0.25, 0.3) is 5.91 Å². The Bertz CT molecular complexity index is 1800. The van der Waals surface area contributed by atoms with Gasteiger partial charge in [-0.15, -0.1) is 11.8 Å². The molecule has 0 radical (unpaired) electrons. The van der Waals surface area contributed by atoms with Crippen molar-refractivity contribution in [2.45, 2.75) is 29.5 Å². The third-order valence-corrected chi connectivity index (χ3v) is 12.9. The highest BCUT2D eigenvalue weighted by molar-refractivity contribution is 8.00.